The van der Waals surface area contributed by atoms with Crippen molar-refractivity contribution in [2.45, 2.75) is 38.8 Å². The maximum atomic E-state index is 12.6. The standard InChI is InChI=1S/C17H25N5O2S.ClH/c1-10-13-9-14(25-17(13)22(4)20-10)15(23)19-11(2)16(24)21(3)12-5-7-18-8-6-12;/h9,11-12,18H,5-8H2,1-4H3,(H,19,23);1H. The van der Waals surface area contributed by atoms with Crippen LogP contribution < -0.4 is 10.6 Å². The van der Waals surface area contributed by atoms with Crippen molar-refractivity contribution < 1.29 is 9.59 Å². The van der Waals surface area contributed by atoms with E-state index < -0.39 is 6.04 Å². The summed E-state index contributed by atoms with van der Waals surface area (Å²) in [5.74, 6) is -0.251. The highest BCUT2D eigenvalue weighted by Crippen LogP contribution is 2.27. The Bertz CT molecular complexity index is 762. The molecule has 0 saturated carbocycles. The summed E-state index contributed by atoms with van der Waals surface area (Å²) in [5, 5.41) is 11.5. The molecule has 1 atom stereocenters. The Balaban J connectivity index is 0.00000243. The quantitative estimate of drug-likeness (QED) is 0.820. The molecule has 1 saturated heterocycles. The van der Waals surface area contributed by atoms with Crippen LogP contribution in [-0.4, -0.2) is 58.7 Å². The smallest absolute Gasteiger partial charge is 0.262 e. The first-order chi connectivity index (χ1) is 11.9. The van der Waals surface area contributed by atoms with Crippen LogP contribution in [0.3, 0.4) is 0 Å². The summed E-state index contributed by atoms with van der Waals surface area (Å²) in [6.07, 6.45) is 1.90. The summed E-state index contributed by atoms with van der Waals surface area (Å²) in [6.45, 7) is 5.53. The summed E-state index contributed by atoms with van der Waals surface area (Å²) in [6, 6.07) is 1.55. The van der Waals surface area contributed by atoms with Crippen molar-refractivity contribution in [1.82, 2.24) is 25.3 Å². The predicted molar refractivity (Wildman–Crippen MR) is 106 cm³/mol. The highest BCUT2D eigenvalue weighted by atomic mass is 35.5. The normalized spacial score (nSPS) is 16.2. The number of nitrogens with one attached hydrogen (secondary N) is 2. The van der Waals surface area contributed by atoms with Crippen LogP contribution >= 0.6 is 23.7 Å². The molecule has 1 aliphatic heterocycles. The van der Waals surface area contributed by atoms with Crippen molar-refractivity contribution >= 4 is 45.8 Å². The number of likely N-dealkylation sites (N-methyl/N-ethyl adjacent to an activating group) is 1. The van der Waals surface area contributed by atoms with Gasteiger partial charge in [0.1, 0.15) is 10.9 Å². The molecule has 0 aromatic carbocycles. The minimum absolute atomic E-state index is 0. The van der Waals surface area contributed by atoms with Crippen LogP contribution in [0, 0.1) is 6.92 Å². The third kappa shape index (κ3) is 4.02. The summed E-state index contributed by atoms with van der Waals surface area (Å²) in [5.41, 5.74) is 0.905. The van der Waals surface area contributed by atoms with Crippen molar-refractivity contribution in [1.29, 1.82) is 0 Å². The zero-order valence-electron chi connectivity index (χ0n) is 15.5. The van der Waals surface area contributed by atoms with Crippen LogP contribution in [-0.2, 0) is 11.8 Å². The average molecular weight is 400 g/mol. The van der Waals surface area contributed by atoms with E-state index in [2.05, 4.69) is 15.7 Å². The molecular weight excluding hydrogens is 374 g/mol. The van der Waals surface area contributed by atoms with Crippen LogP contribution in [0.1, 0.15) is 35.1 Å². The van der Waals surface area contributed by atoms with Crippen molar-refractivity contribution in [3.8, 4) is 0 Å². The van der Waals surface area contributed by atoms with Gasteiger partial charge >= 0.3 is 0 Å². The van der Waals surface area contributed by atoms with Gasteiger partial charge in [-0.2, -0.15) is 5.10 Å². The molecular formula is C17H26ClN5O2S. The lowest BCUT2D eigenvalue weighted by atomic mass is 10.0. The van der Waals surface area contributed by atoms with E-state index >= 15 is 0 Å². The predicted octanol–water partition coefficient (Wildman–Crippen LogP) is 1.69. The molecule has 3 rings (SSSR count). The number of halogens is 1. The van der Waals surface area contributed by atoms with E-state index in [1.54, 1.807) is 16.5 Å². The summed E-state index contributed by atoms with van der Waals surface area (Å²) in [7, 11) is 3.70. The number of amides is 2. The number of carbonyl (C=O) groups excluding carboxylic acids is 2. The molecule has 2 amide bonds. The molecule has 1 unspecified atom stereocenters. The molecule has 0 spiro atoms. The Morgan fingerprint density at radius 2 is 2.08 bits per heavy atom. The number of nitrogens with zero attached hydrogens (tertiary/aromatic N) is 3. The first-order valence-electron chi connectivity index (χ1n) is 8.60. The van der Waals surface area contributed by atoms with Gasteiger partial charge in [0, 0.05) is 25.5 Å². The SMILES string of the molecule is Cc1nn(C)c2sc(C(=O)NC(C)C(=O)N(C)C3CCNCC3)cc12.Cl. The Morgan fingerprint density at radius 1 is 1.42 bits per heavy atom. The molecule has 2 aromatic heterocycles. The molecule has 3 heterocycles. The largest absolute Gasteiger partial charge is 0.341 e. The maximum Gasteiger partial charge on any atom is 0.262 e. The van der Waals surface area contributed by atoms with Gasteiger partial charge in [0.2, 0.25) is 5.91 Å². The lowest BCUT2D eigenvalue weighted by Gasteiger charge is -2.33. The second-order valence-electron chi connectivity index (χ2n) is 6.66. The second kappa shape index (κ2) is 8.37. The lowest BCUT2D eigenvalue weighted by molar-refractivity contribution is -0.134. The van der Waals surface area contributed by atoms with E-state index in [-0.39, 0.29) is 30.3 Å². The molecule has 2 aromatic rings. The zero-order valence-corrected chi connectivity index (χ0v) is 17.2. The van der Waals surface area contributed by atoms with Crippen molar-refractivity contribution in [2.75, 3.05) is 20.1 Å². The third-order valence-corrected chi connectivity index (χ3v) is 6.04. The van der Waals surface area contributed by atoms with Crippen molar-refractivity contribution in [3.63, 3.8) is 0 Å². The minimum atomic E-state index is -0.545. The molecule has 1 fully saturated rings. The van der Waals surface area contributed by atoms with Crippen molar-refractivity contribution in [3.05, 3.63) is 16.6 Å². The van der Waals surface area contributed by atoms with E-state index in [0.717, 1.165) is 41.8 Å². The molecule has 7 nitrogen and oxygen atoms in total. The van der Waals surface area contributed by atoms with Gasteiger partial charge in [-0.3, -0.25) is 14.3 Å². The van der Waals surface area contributed by atoms with Crippen LogP contribution in [0.2, 0.25) is 0 Å². The second-order valence-corrected chi connectivity index (χ2v) is 7.69. The molecule has 1 aliphatic rings. The first kappa shape index (κ1) is 20.7. The van der Waals surface area contributed by atoms with Gasteiger partial charge in [-0.05, 0) is 45.8 Å². The number of fused-ring (bicyclic) bond motifs is 1. The minimum Gasteiger partial charge on any atom is -0.341 e. The lowest BCUT2D eigenvalue weighted by Crippen LogP contribution is -2.51. The molecule has 9 heteroatoms. The summed E-state index contributed by atoms with van der Waals surface area (Å²) < 4.78 is 1.78. The highest BCUT2D eigenvalue weighted by Gasteiger charge is 2.27. The van der Waals surface area contributed by atoms with Crippen molar-refractivity contribution in [2.24, 2.45) is 7.05 Å². The van der Waals surface area contributed by atoms with Gasteiger partial charge in [-0.1, -0.05) is 0 Å². The topological polar surface area (TPSA) is 79.3 Å². The zero-order chi connectivity index (χ0) is 18.1. The molecule has 0 aliphatic carbocycles. The first-order valence-corrected chi connectivity index (χ1v) is 9.41. The fourth-order valence-electron chi connectivity index (χ4n) is 3.33. The summed E-state index contributed by atoms with van der Waals surface area (Å²) in [4.78, 5) is 28.5. The summed E-state index contributed by atoms with van der Waals surface area (Å²) >= 11 is 1.40. The van der Waals surface area contributed by atoms with E-state index in [1.807, 2.05) is 27.1 Å². The van der Waals surface area contributed by atoms with Gasteiger partial charge in [0.15, 0.2) is 0 Å². The number of carbonyl (C=O) groups is 2. The Hall–Kier alpha value is -1.64. The van der Waals surface area contributed by atoms with E-state index in [9.17, 15) is 9.59 Å². The van der Waals surface area contributed by atoms with Crippen LogP contribution in [0.4, 0.5) is 0 Å². The number of hydrogen-bond donors (Lipinski definition) is 2. The van der Waals surface area contributed by atoms with Crippen LogP contribution in [0.15, 0.2) is 6.07 Å². The molecule has 0 radical (unpaired) electrons. The fourth-order valence-corrected chi connectivity index (χ4v) is 4.35. The van der Waals surface area contributed by atoms with Gasteiger partial charge in [-0.25, -0.2) is 0 Å². The molecule has 0 bridgehead atoms. The van der Waals surface area contributed by atoms with Crippen LogP contribution in [0.25, 0.3) is 10.2 Å². The van der Waals surface area contributed by atoms with Gasteiger partial charge < -0.3 is 15.5 Å². The van der Waals surface area contributed by atoms with Gasteiger partial charge in [0.05, 0.1) is 10.6 Å². The van der Waals surface area contributed by atoms with Crippen LogP contribution in [0.5, 0.6) is 0 Å². The Labute approximate surface area is 163 Å². The number of thiophene rings is 1. The molecule has 26 heavy (non-hydrogen) atoms. The van der Waals surface area contributed by atoms with Gasteiger partial charge in [0.25, 0.3) is 5.91 Å². The molecule has 144 valence electrons. The number of rotatable bonds is 4. The monoisotopic (exact) mass is 399 g/mol. The number of piperidine rings is 1. The Kier molecular flexibility index (Phi) is 6.65. The number of aryl methyl sites for hydroxylation is 2. The van der Waals surface area contributed by atoms with E-state index in [4.69, 9.17) is 0 Å². The highest BCUT2D eigenvalue weighted by molar-refractivity contribution is 7.20. The third-order valence-electron chi connectivity index (χ3n) is 4.84. The fraction of sp³-hybridized carbons (Fsp3) is 0.588. The number of aromatic nitrogens is 2. The van der Waals surface area contributed by atoms with E-state index in [0.29, 0.717) is 4.88 Å². The average Bonchev–Trinajstić information content (AvgIpc) is 3.16. The van der Waals surface area contributed by atoms with E-state index in [1.165, 1.54) is 11.3 Å². The Morgan fingerprint density at radius 3 is 2.69 bits per heavy atom. The number of hydrogen-bond acceptors (Lipinski definition) is 5. The van der Waals surface area contributed by atoms with Gasteiger partial charge in [-0.15, -0.1) is 23.7 Å². The molecule has 2 N–H and O–H groups in total. The maximum absolute atomic E-state index is 12.6.